The van der Waals surface area contributed by atoms with Gasteiger partial charge in [0.2, 0.25) is 0 Å². The predicted octanol–water partition coefficient (Wildman–Crippen LogP) is 4.66. The van der Waals surface area contributed by atoms with Gasteiger partial charge in [-0.15, -0.1) is 0 Å². The fraction of sp³-hybridized carbons (Fsp3) is 1.00. The average molecular weight is 249 g/mol. The normalized spacial score (nSPS) is 33.5. The minimum Gasteiger partial charge on any atom is -0.313 e. The van der Waals surface area contributed by atoms with Crippen molar-refractivity contribution in [3.63, 3.8) is 0 Å². The zero-order chi connectivity index (χ0) is 12.5. The molecule has 3 saturated carbocycles. The first-order valence-electron chi connectivity index (χ1n) is 8.52. The minimum absolute atomic E-state index is 0.672. The molecule has 3 aliphatic rings. The standard InChI is InChI=1S/C17H31N/c1-2-16(9-6-7-10-16)14-18-15-8-13-17(15)11-4-3-5-12-17/h15,18H,2-14H2,1H3. The molecule has 3 aliphatic carbocycles. The van der Waals surface area contributed by atoms with Crippen molar-refractivity contribution >= 4 is 0 Å². The Kier molecular flexibility index (Phi) is 3.71. The molecule has 1 atom stereocenters. The van der Waals surface area contributed by atoms with Gasteiger partial charge >= 0.3 is 0 Å². The van der Waals surface area contributed by atoms with Gasteiger partial charge in [0, 0.05) is 12.6 Å². The van der Waals surface area contributed by atoms with E-state index >= 15 is 0 Å². The molecule has 0 aromatic heterocycles. The molecule has 0 radical (unpaired) electrons. The number of rotatable bonds is 4. The van der Waals surface area contributed by atoms with Crippen molar-refractivity contribution in [2.24, 2.45) is 10.8 Å². The molecule has 1 heteroatoms. The van der Waals surface area contributed by atoms with Gasteiger partial charge in [0.25, 0.3) is 0 Å². The van der Waals surface area contributed by atoms with Crippen LogP contribution in [0, 0.1) is 10.8 Å². The van der Waals surface area contributed by atoms with E-state index in [1.165, 1.54) is 83.6 Å². The molecule has 18 heavy (non-hydrogen) atoms. The van der Waals surface area contributed by atoms with Crippen LogP contribution in [-0.4, -0.2) is 12.6 Å². The average Bonchev–Trinajstić information content (AvgIpc) is 2.88. The maximum atomic E-state index is 4.01. The van der Waals surface area contributed by atoms with Gasteiger partial charge in [-0.1, -0.05) is 39.0 Å². The largest absolute Gasteiger partial charge is 0.313 e. The highest BCUT2D eigenvalue weighted by Crippen LogP contribution is 2.52. The van der Waals surface area contributed by atoms with E-state index in [2.05, 4.69) is 12.2 Å². The Balaban J connectivity index is 1.53. The molecule has 3 rings (SSSR count). The third-order valence-corrected chi connectivity index (χ3v) is 6.66. The summed E-state index contributed by atoms with van der Waals surface area (Å²) >= 11 is 0. The van der Waals surface area contributed by atoms with Crippen molar-refractivity contribution in [2.45, 2.75) is 90.0 Å². The lowest BCUT2D eigenvalue weighted by Gasteiger charge is -2.53. The van der Waals surface area contributed by atoms with Crippen LogP contribution in [0.5, 0.6) is 0 Å². The summed E-state index contributed by atoms with van der Waals surface area (Å²) in [7, 11) is 0. The van der Waals surface area contributed by atoms with Crippen LogP contribution in [0.4, 0.5) is 0 Å². The molecule has 3 fully saturated rings. The summed E-state index contributed by atoms with van der Waals surface area (Å²) in [4.78, 5) is 0. The van der Waals surface area contributed by atoms with Gasteiger partial charge in [-0.2, -0.15) is 0 Å². The molecule has 0 bridgehead atoms. The maximum absolute atomic E-state index is 4.01. The van der Waals surface area contributed by atoms with Gasteiger partial charge in [-0.25, -0.2) is 0 Å². The number of hydrogen-bond donors (Lipinski definition) is 1. The second-order valence-corrected chi connectivity index (χ2v) is 7.46. The number of nitrogens with one attached hydrogen (secondary N) is 1. The van der Waals surface area contributed by atoms with Crippen LogP contribution < -0.4 is 5.32 Å². The highest BCUT2D eigenvalue weighted by Gasteiger charge is 2.47. The van der Waals surface area contributed by atoms with Gasteiger partial charge in [-0.3, -0.25) is 0 Å². The molecule has 1 nitrogen and oxygen atoms in total. The fourth-order valence-corrected chi connectivity index (χ4v) is 4.99. The molecule has 104 valence electrons. The maximum Gasteiger partial charge on any atom is 0.0124 e. The Morgan fingerprint density at radius 2 is 1.56 bits per heavy atom. The molecule has 0 saturated heterocycles. The Morgan fingerprint density at radius 1 is 0.889 bits per heavy atom. The molecule has 0 heterocycles. The molecule has 1 unspecified atom stereocenters. The Labute approximate surface area is 113 Å². The summed E-state index contributed by atoms with van der Waals surface area (Å²) in [5, 5.41) is 4.01. The molecular weight excluding hydrogens is 218 g/mol. The van der Waals surface area contributed by atoms with Crippen molar-refractivity contribution in [2.75, 3.05) is 6.54 Å². The van der Waals surface area contributed by atoms with Crippen molar-refractivity contribution in [1.82, 2.24) is 5.32 Å². The molecule has 1 spiro atoms. The highest BCUT2D eigenvalue weighted by atomic mass is 15.0. The molecule has 0 aromatic rings. The van der Waals surface area contributed by atoms with Crippen LogP contribution >= 0.6 is 0 Å². The summed E-state index contributed by atoms with van der Waals surface area (Å²) in [6.07, 6.45) is 17.8. The lowest BCUT2D eigenvalue weighted by Crippen LogP contribution is -2.56. The van der Waals surface area contributed by atoms with Crippen LogP contribution in [0.1, 0.15) is 84.0 Å². The molecule has 0 aliphatic heterocycles. The second-order valence-electron chi connectivity index (χ2n) is 7.46. The third kappa shape index (κ3) is 2.24. The zero-order valence-corrected chi connectivity index (χ0v) is 12.3. The Bertz CT molecular complexity index is 271. The van der Waals surface area contributed by atoms with Gasteiger partial charge in [0.1, 0.15) is 0 Å². The van der Waals surface area contributed by atoms with Crippen molar-refractivity contribution < 1.29 is 0 Å². The first-order chi connectivity index (χ1) is 8.79. The molecular formula is C17H31N. The van der Waals surface area contributed by atoms with E-state index in [-0.39, 0.29) is 0 Å². The Morgan fingerprint density at radius 3 is 2.11 bits per heavy atom. The number of hydrogen-bond acceptors (Lipinski definition) is 1. The first kappa shape index (κ1) is 13.0. The van der Waals surface area contributed by atoms with E-state index in [0.29, 0.717) is 5.41 Å². The smallest absolute Gasteiger partial charge is 0.0124 e. The highest BCUT2D eigenvalue weighted by molar-refractivity contribution is 5.02. The Hall–Kier alpha value is -0.0400. The van der Waals surface area contributed by atoms with Crippen LogP contribution in [-0.2, 0) is 0 Å². The van der Waals surface area contributed by atoms with E-state index < -0.39 is 0 Å². The van der Waals surface area contributed by atoms with Crippen molar-refractivity contribution in [3.8, 4) is 0 Å². The van der Waals surface area contributed by atoms with E-state index in [9.17, 15) is 0 Å². The second kappa shape index (κ2) is 5.15. The van der Waals surface area contributed by atoms with E-state index in [0.717, 1.165) is 11.5 Å². The van der Waals surface area contributed by atoms with Gasteiger partial charge in [0.05, 0.1) is 0 Å². The van der Waals surface area contributed by atoms with Gasteiger partial charge in [-0.05, 0) is 55.8 Å². The van der Waals surface area contributed by atoms with Crippen LogP contribution in [0.15, 0.2) is 0 Å². The van der Waals surface area contributed by atoms with Crippen molar-refractivity contribution in [1.29, 1.82) is 0 Å². The van der Waals surface area contributed by atoms with E-state index in [1.54, 1.807) is 0 Å². The summed E-state index contributed by atoms with van der Waals surface area (Å²) in [5.41, 5.74) is 1.41. The summed E-state index contributed by atoms with van der Waals surface area (Å²) in [5.74, 6) is 0. The van der Waals surface area contributed by atoms with E-state index in [1.807, 2.05) is 0 Å². The predicted molar refractivity (Wildman–Crippen MR) is 77.7 cm³/mol. The van der Waals surface area contributed by atoms with Crippen molar-refractivity contribution in [3.05, 3.63) is 0 Å². The van der Waals surface area contributed by atoms with Crippen LogP contribution in [0.25, 0.3) is 0 Å². The monoisotopic (exact) mass is 249 g/mol. The zero-order valence-electron chi connectivity index (χ0n) is 12.3. The summed E-state index contributed by atoms with van der Waals surface area (Å²) in [6.45, 7) is 3.72. The van der Waals surface area contributed by atoms with Crippen LogP contribution in [0.2, 0.25) is 0 Å². The van der Waals surface area contributed by atoms with E-state index in [4.69, 9.17) is 0 Å². The van der Waals surface area contributed by atoms with Crippen LogP contribution in [0.3, 0.4) is 0 Å². The topological polar surface area (TPSA) is 12.0 Å². The molecule has 0 amide bonds. The quantitative estimate of drug-likeness (QED) is 0.764. The lowest BCUT2D eigenvalue weighted by atomic mass is 9.57. The summed E-state index contributed by atoms with van der Waals surface area (Å²) in [6, 6.07) is 0.877. The first-order valence-corrected chi connectivity index (χ1v) is 8.52. The molecule has 1 N–H and O–H groups in total. The summed E-state index contributed by atoms with van der Waals surface area (Å²) < 4.78 is 0. The SMILES string of the molecule is CCC1(CNC2CCC23CCCCC3)CCCC1. The van der Waals surface area contributed by atoms with Gasteiger partial charge < -0.3 is 5.32 Å². The molecule has 0 aromatic carbocycles. The van der Waals surface area contributed by atoms with Gasteiger partial charge in [0.15, 0.2) is 0 Å². The minimum atomic E-state index is 0.672. The third-order valence-electron chi connectivity index (χ3n) is 6.66. The fourth-order valence-electron chi connectivity index (χ4n) is 4.99. The lowest BCUT2D eigenvalue weighted by molar-refractivity contribution is 0.0161.